The maximum absolute atomic E-state index is 13.0. The highest BCUT2D eigenvalue weighted by Gasteiger charge is 2.40. The first-order valence-corrected chi connectivity index (χ1v) is 8.44. The number of carbonyl (C=O) groups is 1. The molecule has 0 aromatic heterocycles. The van der Waals surface area contributed by atoms with Gasteiger partial charge in [-0.15, -0.1) is 0 Å². The number of amides is 1. The van der Waals surface area contributed by atoms with Gasteiger partial charge in [-0.2, -0.15) is 4.31 Å². The Bertz CT molecular complexity index is 889. The molecule has 2 aromatic carbocycles. The number of para-hydroxylation sites is 1. The number of hydrogen-bond donors (Lipinski definition) is 0. The van der Waals surface area contributed by atoms with Gasteiger partial charge in [0.25, 0.3) is 10.0 Å². The lowest BCUT2D eigenvalue weighted by molar-refractivity contribution is 0.126. The zero-order valence-corrected chi connectivity index (χ0v) is 13.3. The van der Waals surface area contributed by atoms with Crippen molar-refractivity contribution in [2.24, 2.45) is 0 Å². The number of aryl methyl sites for hydroxylation is 1. The number of rotatable bonds is 3. The molecule has 1 aliphatic heterocycles. The van der Waals surface area contributed by atoms with Crippen LogP contribution < -0.4 is 4.31 Å². The van der Waals surface area contributed by atoms with E-state index in [0.29, 0.717) is 15.4 Å². The fraction of sp³-hybridized carbons (Fsp3) is 0.118. The second kappa shape index (κ2) is 5.55. The highest BCUT2D eigenvalue weighted by Crippen LogP contribution is 2.38. The van der Waals surface area contributed by atoms with Crippen LogP contribution in [0.2, 0.25) is 0 Å². The fourth-order valence-electron chi connectivity index (χ4n) is 2.58. The van der Waals surface area contributed by atoms with E-state index in [1.165, 1.54) is 12.1 Å². The van der Waals surface area contributed by atoms with E-state index in [9.17, 15) is 13.2 Å². The number of sulfonamides is 1. The molecule has 1 atom stereocenters. The van der Waals surface area contributed by atoms with Crippen molar-refractivity contribution in [1.29, 1.82) is 0 Å². The number of hydrogen-bond acceptors (Lipinski definition) is 4. The van der Waals surface area contributed by atoms with E-state index < -0.39 is 22.2 Å². The summed E-state index contributed by atoms with van der Waals surface area (Å²) in [6.07, 6.45) is -0.132. The smallest absolute Gasteiger partial charge is 0.429 e. The molecule has 0 N–H and O–H groups in total. The van der Waals surface area contributed by atoms with Crippen molar-refractivity contribution in [2.75, 3.05) is 4.31 Å². The van der Waals surface area contributed by atoms with Crippen molar-refractivity contribution in [2.45, 2.75) is 17.9 Å². The van der Waals surface area contributed by atoms with Crippen molar-refractivity contribution < 1.29 is 17.9 Å². The summed E-state index contributed by atoms with van der Waals surface area (Å²) in [5.74, 6) is 0. The minimum atomic E-state index is -4.06. The number of benzene rings is 2. The van der Waals surface area contributed by atoms with Crippen LogP contribution in [-0.2, 0) is 14.8 Å². The van der Waals surface area contributed by atoms with Gasteiger partial charge in [-0.25, -0.2) is 13.2 Å². The van der Waals surface area contributed by atoms with E-state index >= 15 is 0 Å². The van der Waals surface area contributed by atoms with Gasteiger partial charge < -0.3 is 4.74 Å². The number of fused-ring (bicyclic) bond motifs is 1. The van der Waals surface area contributed by atoms with Crippen LogP contribution in [0.25, 0.3) is 0 Å². The average Bonchev–Trinajstić information content (AvgIpc) is 2.53. The molecule has 0 saturated heterocycles. The molecule has 0 aliphatic carbocycles. The Morgan fingerprint density at radius 1 is 1.13 bits per heavy atom. The van der Waals surface area contributed by atoms with Crippen LogP contribution in [0, 0.1) is 6.92 Å². The summed E-state index contributed by atoms with van der Waals surface area (Å²) in [6.45, 7) is 5.31. The van der Waals surface area contributed by atoms with Crippen LogP contribution in [0.3, 0.4) is 0 Å². The topological polar surface area (TPSA) is 63.7 Å². The van der Waals surface area contributed by atoms with Gasteiger partial charge in [0.05, 0.1) is 10.6 Å². The third-order valence-corrected chi connectivity index (χ3v) is 5.52. The van der Waals surface area contributed by atoms with Gasteiger partial charge in [-0.1, -0.05) is 43.0 Å². The number of nitrogens with zero attached hydrogens (tertiary/aromatic N) is 1. The van der Waals surface area contributed by atoms with Crippen LogP contribution in [0.4, 0.5) is 10.5 Å². The quantitative estimate of drug-likeness (QED) is 0.808. The third-order valence-electron chi connectivity index (χ3n) is 3.68. The van der Waals surface area contributed by atoms with E-state index in [0.717, 1.165) is 0 Å². The van der Waals surface area contributed by atoms with E-state index in [4.69, 9.17) is 4.74 Å². The molecule has 2 aromatic rings. The van der Waals surface area contributed by atoms with Crippen LogP contribution in [0.15, 0.2) is 66.1 Å². The highest BCUT2D eigenvalue weighted by molar-refractivity contribution is 7.93. The molecular weight excluding hydrogens is 314 g/mol. The van der Waals surface area contributed by atoms with Crippen molar-refractivity contribution in [3.05, 3.63) is 72.3 Å². The molecule has 0 fully saturated rings. The molecule has 0 spiro atoms. The van der Waals surface area contributed by atoms with Crippen molar-refractivity contribution in [1.82, 2.24) is 0 Å². The predicted molar refractivity (Wildman–Crippen MR) is 86.7 cm³/mol. The Morgan fingerprint density at radius 3 is 2.48 bits per heavy atom. The summed E-state index contributed by atoms with van der Waals surface area (Å²) in [6, 6.07) is 13.3. The summed E-state index contributed by atoms with van der Waals surface area (Å²) in [4.78, 5) is 12.4. The first kappa shape index (κ1) is 15.3. The van der Waals surface area contributed by atoms with Gasteiger partial charge in [-0.3, -0.25) is 0 Å². The molecule has 0 saturated carbocycles. The second-order valence-electron chi connectivity index (χ2n) is 5.13. The van der Waals surface area contributed by atoms with E-state index in [2.05, 4.69) is 6.58 Å². The summed E-state index contributed by atoms with van der Waals surface area (Å²) in [5.41, 5.74) is 1.43. The standard InChI is InChI=1S/C17H15NO4S/c1-3-15-13-9-5-6-10-14(13)18(17(19)22-15)23(20,21)16-11-7-4-8-12(16)2/h3-11,15H,1H2,2H3. The fourth-order valence-corrected chi connectivity index (χ4v) is 4.16. The molecule has 3 rings (SSSR count). The summed E-state index contributed by atoms with van der Waals surface area (Å²) >= 11 is 0. The predicted octanol–water partition coefficient (Wildman–Crippen LogP) is 3.57. The van der Waals surface area contributed by atoms with E-state index in [1.807, 2.05) is 0 Å². The monoisotopic (exact) mass is 329 g/mol. The van der Waals surface area contributed by atoms with Crippen LogP contribution >= 0.6 is 0 Å². The number of ether oxygens (including phenoxy) is 1. The third kappa shape index (κ3) is 2.41. The van der Waals surface area contributed by atoms with Crippen molar-refractivity contribution in [3.63, 3.8) is 0 Å². The van der Waals surface area contributed by atoms with Crippen LogP contribution in [0.5, 0.6) is 0 Å². The van der Waals surface area contributed by atoms with Gasteiger partial charge in [-0.05, 0) is 30.7 Å². The summed E-state index contributed by atoms with van der Waals surface area (Å²) in [7, 11) is -4.06. The zero-order valence-electron chi connectivity index (χ0n) is 12.5. The van der Waals surface area contributed by atoms with Crippen molar-refractivity contribution in [3.8, 4) is 0 Å². The average molecular weight is 329 g/mol. The van der Waals surface area contributed by atoms with Gasteiger partial charge in [0.1, 0.15) is 6.10 Å². The molecule has 6 heteroatoms. The van der Waals surface area contributed by atoms with Gasteiger partial charge in [0.15, 0.2) is 0 Å². The number of anilines is 1. The lowest BCUT2D eigenvalue weighted by Crippen LogP contribution is -2.41. The van der Waals surface area contributed by atoms with Gasteiger partial charge >= 0.3 is 6.09 Å². The molecule has 5 nitrogen and oxygen atoms in total. The lowest BCUT2D eigenvalue weighted by atomic mass is 10.1. The molecule has 118 valence electrons. The maximum Gasteiger partial charge on any atom is 0.429 e. The largest absolute Gasteiger partial charge is 0.436 e. The Morgan fingerprint density at radius 2 is 1.78 bits per heavy atom. The van der Waals surface area contributed by atoms with E-state index in [-0.39, 0.29) is 10.6 Å². The first-order valence-electron chi connectivity index (χ1n) is 7.00. The molecular formula is C17H15NO4S. The Kier molecular flexibility index (Phi) is 3.69. The lowest BCUT2D eigenvalue weighted by Gasteiger charge is -2.32. The molecule has 1 unspecified atom stereocenters. The van der Waals surface area contributed by atoms with Crippen molar-refractivity contribution >= 4 is 21.8 Å². The normalized spacial score (nSPS) is 17.3. The summed E-state index contributed by atoms with van der Waals surface area (Å²) < 4.78 is 31.9. The molecule has 0 bridgehead atoms. The Balaban J connectivity index is 2.21. The van der Waals surface area contributed by atoms with Gasteiger partial charge in [0.2, 0.25) is 0 Å². The number of cyclic esters (lactones) is 1. The molecule has 0 radical (unpaired) electrons. The molecule has 23 heavy (non-hydrogen) atoms. The highest BCUT2D eigenvalue weighted by atomic mass is 32.2. The molecule has 1 amide bonds. The van der Waals surface area contributed by atoms with Crippen LogP contribution in [-0.4, -0.2) is 14.5 Å². The maximum atomic E-state index is 13.0. The molecule has 1 heterocycles. The summed E-state index contributed by atoms with van der Waals surface area (Å²) in [5, 5.41) is 0. The molecule has 1 aliphatic rings. The van der Waals surface area contributed by atoms with Gasteiger partial charge in [0, 0.05) is 5.56 Å². The zero-order chi connectivity index (χ0) is 16.6. The Hall–Kier alpha value is -2.60. The minimum absolute atomic E-state index is 0.0730. The van der Waals surface area contributed by atoms with E-state index in [1.54, 1.807) is 49.4 Å². The second-order valence-corrected chi connectivity index (χ2v) is 6.89. The minimum Gasteiger partial charge on any atom is -0.436 e. The Labute approximate surface area is 134 Å². The number of carbonyl (C=O) groups excluding carboxylic acids is 1. The SMILES string of the molecule is C=CC1OC(=O)N(S(=O)(=O)c2ccccc2C)c2ccccc21. The first-order chi connectivity index (χ1) is 11.0. The van der Waals surface area contributed by atoms with Crippen LogP contribution in [0.1, 0.15) is 17.2 Å².